The molecule has 2 heterocycles. The van der Waals surface area contributed by atoms with Crippen molar-refractivity contribution in [2.45, 2.75) is 17.0 Å². The highest BCUT2D eigenvalue weighted by Gasteiger charge is 2.09. The molecule has 0 spiro atoms. The zero-order chi connectivity index (χ0) is 15.0. The molecule has 0 atom stereocenters. The van der Waals surface area contributed by atoms with Gasteiger partial charge in [0.2, 0.25) is 0 Å². The summed E-state index contributed by atoms with van der Waals surface area (Å²) < 4.78 is 0. The van der Waals surface area contributed by atoms with Gasteiger partial charge >= 0.3 is 0 Å². The van der Waals surface area contributed by atoms with Gasteiger partial charge in [-0.05, 0) is 36.9 Å². The van der Waals surface area contributed by atoms with Crippen molar-refractivity contribution in [1.82, 2.24) is 15.0 Å². The minimum absolute atomic E-state index is 0.350. The van der Waals surface area contributed by atoms with Crippen LogP contribution in [-0.4, -0.2) is 15.0 Å². The van der Waals surface area contributed by atoms with Crippen LogP contribution in [0.25, 0.3) is 10.8 Å². The molecule has 2 aromatic heterocycles. The van der Waals surface area contributed by atoms with E-state index in [1.165, 1.54) is 17.8 Å². The molecule has 0 aliphatic heterocycles. The van der Waals surface area contributed by atoms with Gasteiger partial charge in [0.25, 0.3) is 0 Å². The Kier molecular flexibility index (Phi) is 3.26. The smallest absolute Gasteiger partial charge is 0.196 e. The number of pyridine rings is 1. The van der Waals surface area contributed by atoms with E-state index in [9.17, 15) is 0 Å². The molecule has 6 nitrogen and oxygen atoms in total. The number of aromatic nitrogens is 3. The van der Waals surface area contributed by atoms with Crippen molar-refractivity contribution in [1.29, 1.82) is 0 Å². The van der Waals surface area contributed by atoms with E-state index in [1.807, 2.05) is 25.1 Å². The number of fused-ring (bicyclic) bond motifs is 1. The van der Waals surface area contributed by atoms with Crippen LogP contribution in [-0.2, 0) is 0 Å². The zero-order valence-electron chi connectivity index (χ0n) is 11.4. The third-order valence-electron chi connectivity index (χ3n) is 2.98. The largest absolute Gasteiger partial charge is 0.398 e. The van der Waals surface area contributed by atoms with Gasteiger partial charge in [0, 0.05) is 39.3 Å². The molecule has 21 heavy (non-hydrogen) atoms. The van der Waals surface area contributed by atoms with Gasteiger partial charge in [0.05, 0.1) is 0 Å². The lowest BCUT2D eigenvalue weighted by molar-refractivity contribution is 0.985. The van der Waals surface area contributed by atoms with Crippen LogP contribution in [0.15, 0.2) is 40.5 Å². The zero-order valence-corrected chi connectivity index (χ0v) is 12.2. The number of hydrogen-bond donors (Lipinski definition) is 3. The summed E-state index contributed by atoms with van der Waals surface area (Å²) in [5.74, 6) is 0.699. The van der Waals surface area contributed by atoms with Crippen LogP contribution < -0.4 is 17.2 Å². The van der Waals surface area contributed by atoms with Gasteiger partial charge in [-0.1, -0.05) is 0 Å². The molecule has 3 aromatic rings. The van der Waals surface area contributed by atoms with Crippen molar-refractivity contribution in [3.8, 4) is 0 Å². The topological polar surface area (TPSA) is 117 Å². The fourth-order valence-electron chi connectivity index (χ4n) is 2.03. The maximum atomic E-state index is 6.00. The van der Waals surface area contributed by atoms with Crippen LogP contribution >= 0.6 is 11.8 Å². The number of rotatable bonds is 2. The van der Waals surface area contributed by atoms with Crippen LogP contribution in [0.3, 0.4) is 0 Å². The monoisotopic (exact) mass is 298 g/mol. The number of nitrogen functional groups attached to an aromatic ring is 3. The van der Waals surface area contributed by atoms with Gasteiger partial charge in [-0.2, -0.15) is 0 Å². The van der Waals surface area contributed by atoms with Crippen LogP contribution in [0.4, 0.5) is 17.3 Å². The Balaban J connectivity index is 2.12. The first kappa shape index (κ1) is 13.4. The third-order valence-corrected chi connectivity index (χ3v) is 3.92. The first-order chi connectivity index (χ1) is 10.0. The highest BCUT2D eigenvalue weighted by atomic mass is 32.2. The summed E-state index contributed by atoms with van der Waals surface area (Å²) >= 11 is 1.40. The molecule has 0 amide bonds. The van der Waals surface area contributed by atoms with Gasteiger partial charge in [-0.3, -0.25) is 4.98 Å². The van der Waals surface area contributed by atoms with Crippen molar-refractivity contribution in [3.05, 3.63) is 36.2 Å². The van der Waals surface area contributed by atoms with Crippen molar-refractivity contribution >= 4 is 39.9 Å². The summed E-state index contributed by atoms with van der Waals surface area (Å²) in [6.45, 7) is 1.94. The number of aryl methyl sites for hydroxylation is 1. The van der Waals surface area contributed by atoms with Crippen molar-refractivity contribution in [2.75, 3.05) is 17.2 Å². The average molecular weight is 298 g/mol. The van der Waals surface area contributed by atoms with E-state index in [1.54, 1.807) is 6.20 Å². The quantitative estimate of drug-likeness (QED) is 0.490. The maximum Gasteiger partial charge on any atom is 0.196 e. The normalized spacial score (nSPS) is 10.9. The van der Waals surface area contributed by atoms with Crippen LogP contribution in [0.5, 0.6) is 0 Å². The molecule has 0 radical (unpaired) electrons. The third kappa shape index (κ3) is 2.68. The fraction of sp³-hybridized carbons (Fsp3) is 0.0714. The van der Waals surface area contributed by atoms with Crippen LogP contribution in [0.1, 0.15) is 5.69 Å². The maximum absolute atomic E-state index is 6.00. The summed E-state index contributed by atoms with van der Waals surface area (Å²) in [6.07, 6.45) is 1.78. The molecule has 0 saturated carbocycles. The summed E-state index contributed by atoms with van der Waals surface area (Å²) in [6, 6.07) is 7.30. The van der Waals surface area contributed by atoms with Gasteiger partial charge in [0.1, 0.15) is 11.6 Å². The Bertz CT molecular complexity index is 813. The van der Waals surface area contributed by atoms with Crippen molar-refractivity contribution in [3.63, 3.8) is 0 Å². The van der Waals surface area contributed by atoms with Gasteiger partial charge in [-0.15, -0.1) is 0 Å². The Morgan fingerprint density at radius 3 is 2.38 bits per heavy atom. The molecule has 0 saturated heterocycles. The average Bonchev–Trinajstić information content (AvgIpc) is 2.41. The number of anilines is 3. The molecule has 0 aliphatic carbocycles. The Hall–Kier alpha value is -2.54. The number of hydrogen-bond acceptors (Lipinski definition) is 7. The summed E-state index contributed by atoms with van der Waals surface area (Å²) in [5.41, 5.74) is 19.0. The van der Waals surface area contributed by atoms with E-state index in [-0.39, 0.29) is 0 Å². The Morgan fingerprint density at radius 2 is 1.67 bits per heavy atom. The van der Waals surface area contributed by atoms with Crippen LogP contribution in [0, 0.1) is 6.92 Å². The predicted octanol–water partition coefficient (Wildman–Crippen LogP) is 2.23. The van der Waals surface area contributed by atoms with Gasteiger partial charge in [0.15, 0.2) is 5.16 Å². The SMILES string of the molecule is Cc1cc2c(Sc3nc(N)cc(N)n3)ccc(N)c2cn1. The Labute approximate surface area is 125 Å². The lowest BCUT2D eigenvalue weighted by atomic mass is 10.1. The molecular weight excluding hydrogens is 284 g/mol. The van der Waals surface area contributed by atoms with E-state index in [2.05, 4.69) is 15.0 Å². The Morgan fingerprint density at radius 1 is 0.952 bits per heavy atom. The lowest BCUT2D eigenvalue weighted by Crippen LogP contribution is -1.99. The van der Waals surface area contributed by atoms with E-state index < -0.39 is 0 Å². The minimum Gasteiger partial charge on any atom is -0.398 e. The summed E-state index contributed by atoms with van der Waals surface area (Å²) in [7, 11) is 0. The minimum atomic E-state index is 0.350. The molecule has 0 bridgehead atoms. The summed E-state index contributed by atoms with van der Waals surface area (Å²) in [5, 5.41) is 2.42. The summed E-state index contributed by atoms with van der Waals surface area (Å²) in [4.78, 5) is 13.6. The molecule has 0 unspecified atom stereocenters. The number of nitrogens with two attached hydrogens (primary N) is 3. The molecule has 3 rings (SSSR count). The van der Waals surface area contributed by atoms with E-state index in [4.69, 9.17) is 17.2 Å². The van der Waals surface area contributed by atoms with E-state index >= 15 is 0 Å². The molecular formula is C14H14N6S. The molecule has 6 N–H and O–H groups in total. The van der Waals surface area contributed by atoms with Crippen LogP contribution in [0.2, 0.25) is 0 Å². The number of benzene rings is 1. The van der Waals surface area contributed by atoms with Gasteiger partial charge in [-0.25, -0.2) is 9.97 Å². The van der Waals surface area contributed by atoms with Gasteiger partial charge < -0.3 is 17.2 Å². The predicted molar refractivity (Wildman–Crippen MR) is 85.9 cm³/mol. The molecule has 1 aromatic carbocycles. The fourth-order valence-corrected chi connectivity index (χ4v) is 2.95. The second-order valence-corrected chi connectivity index (χ2v) is 5.64. The molecule has 106 valence electrons. The molecule has 7 heteroatoms. The lowest BCUT2D eigenvalue weighted by Gasteiger charge is -2.09. The number of nitrogens with zero attached hydrogens (tertiary/aromatic N) is 3. The first-order valence-corrected chi connectivity index (χ1v) is 7.07. The highest BCUT2D eigenvalue weighted by molar-refractivity contribution is 7.99. The first-order valence-electron chi connectivity index (χ1n) is 6.25. The van der Waals surface area contributed by atoms with Crippen molar-refractivity contribution in [2.24, 2.45) is 0 Å². The van der Waals surface area contributed by atoms with Crippen molar-refractivity contribution < 1.29 is 0 Å². The van der Waals surface area contributed by atoms with E-state index in [0.717, 1.165) is 21.4 Å². The standard InChI is InChI=1S/C14H14N6S/c1-7-4-8-9(6-18-7)10(15)2-3-11(8)21-14-19-12(16)5-13(17)20-14/h2-6H,15H2,1H3,(H4,16,17,19,20). The molecule has 0 aliphatic rings. The van der Waals surface area contributed by atoms with E-state index in [0.29, 0.717) is 22.5 Å². The molecule has 0 fully saturated rings. The highest BCUT2D eigenvalue weighted by Crippen LogP contribution is 2.34. The second-order valence-electron chi connectivity index (χ2n) is 4.63. The second kappa shape index (κ2) is 5.10.